The number of allylic oxidation sites excluding steroid dienone is 1. The molecule has 5 heteroatoms. The van der Waals surface area contributed by atoms with E-state index in [9.17, 15) is 4.79 Å². The summed E-state index contributed by atoms with van der Waals surface area (Å²) < 4.78 is 2.04. The van der Waals surface area contributed by atoms with E-state index in [1.54, 1.807) is 25.3 Å². The first-order valence-corrected chi connectivity index (χ1v) is 7.40. The molecule has 0 aliphatic heterocycles. The molecule has 0 fully saturated rings. The van der Waals surface area contributed by atoms with Gasteiger partial charge in [-0.15, -0.1) is 0 Å². The van der Waals surface area contributed by atoms with Gasteiger partial charge in [-0.25, -0.2) is 4.79 Å². The van der Waals surface area contributed by atoms with Crippen molar-refractivity contribution in [2.45, 2.75) is 13.8 Å². The van der Waals surface area contributed by atoms with E-state index in [2.05, 4.69) is 11.1 Å². The van der Waals surface area contributed by atoms with E-state index < -0.39 is 5.97 Å². The Hall–Kier alpha value is -3.39. The summed E-state index contributed by atoms with van der Waals surface area (Å²) >= 11 is 0. The summed E-state index contributed by atoms with van der Waals surface area (Å²) in [4.78, 5) is 15.3. The molecule has 3 aromatic rings. The van der Waals surface area contributed by atoms with Crippen LogP contribution in [-0.2, 0) is 4.79 Å². The summed E-state index contributed by atoms with van der Waals surface area (Å²) in [5, 5.41) is 17.9. The van der Waals surface area contributed by atoms with Crippen molar-refractivity contribution in [2.24, 2.45) is 0 Å². The number of hydrogen-bond acceptors (Lipinski definition) is 3. The van der Waals surface area contributed by atoms with Gasteiger partial charge in [0.2, 0.25) is 0 Å². The van der Waals surface area contributed by atoms with E-state index in [-0.39, 0.29) is 0 Å². The zero-order valence-corrected chi connectivity index (χ0v) is 13.3. The number of nitrogens with zero attached hydrogens (tertiary/aromatic N) is 3. The number of hydrogen-bond donors (Lipinski definition) is 1. The normalized spacial score (nSPS) is 11.5. The number of pyridine rings is 1. The summed E-state index contributed by atoms with van der Waals surface area (Å²) in [7, 11) is 0. The van der Waals surface area contributed by atoms with Crippen LogP contribution in [0.1, 0.15) is 23.7 Å². The van der Waals surface area contributed by atoms with Gasteiger partial charge in [-0.3, -0.25) is 4.98 Å². The van der Waals surface area contributed by atoms with Crippen LogP contribution in [0.3, 0.4) is 0 Å². The fraction of sp³-hybridized carbons (Fsp3) is 0.105. The van der Waals surface area contributed by atoms with E-state index in [0.29, 0.717) is 11.1 Å². The van der Waals surface area contributed by atoms with Crippen molar-refractivity contribution >= 4 is 22.6 Å². The molecule has 0 atom stereocenters. The van der Waals surface area contributed by atoms with Crippen LogP contribution in [0.2, 0.25) is 0 Å². The van der Waals surface area contributed by atoms with E-state index in [4.69, 9.17) is 10.4 Å². The first-order valence-electron chi connectivity index (χ1n) is 7.40. The average Bonchev–Trinajstić information content (AvgIpc) is 2.89. The molecule has 0 amide bonds. The van der Waals surface area contributed by atoms with Crippen molar-refractivity contribution in [3.05, 3.63) is 65.5 Å². The number of benzene rings is 1. The van der Waals surface area contributed by atoms with Crippen molar-refractivity contribution in [3.8, 4) is 11.8 Å². The van der Waals surface area contributed by atoms with Crippen LogP contribution in [0.15, 0.2) is 48.7 Å². The lowest BCUT2D eigenvalue weighted by atomic mass is 10.1. The largest absolute Gasteiger partial charge is 0.478 e. The number of aryl methyl sites for hydroxylation is 1. The van der Waals surface area contributed by atoms with Gasteiger partial charge < -0.3 is 9.67 Å². The number of fused-ring (bicyclic) bond motifs is 1. The predicted molar refractivity (Wildman–Crippen MR) is 91.8 cm³/mol. The topological polar surface area (TPSA) is 78.9 Å². The maximum absolute atomic E-state index is 10.9. The molecule has 1 N–H and O–H groups in total. The molecule has 0 unspecified atom stereocenters. The number of aromatic nitrogens is 2. The highest BCUT2D eigenvalue weighted by Gasteiger charge is 2.10. The number of rotatable bonds is 3. The summed E-state index contributed by atoms with van der Waals surface area (Å²) in [6.07, 6.45) is 2.85. The zero-order chi connectivity index (χ0) is 17.3. The monoisotopic (exact) mass is 317 g/mol. The second-order valence-electron chi connectivity index (χ2n) is 5.57. The molecule has 0 aliphatic rings. The maximum Gasteiger partial charge on any atom is 0.328 e. The Morgan fingerprint density at radius 3 is 2.62 bits per heavy atom. The highest BCUT2D eigenvalue weighted by molar-refractivity contribution is 5.91. The third kappa shape index (κ3) is 2.77. The average molecular weight is 317 g/mol. The van der Waals surface area contributed by atoms with E-state index in [1.165, 1.54) is 6.08 Å². The third-order valence-corrected chi connectivity index (χ3v) is 3.89. The fourth-order valence-corrected chi connectivity index (χ4v) is 2.72. The van der Waals surface area contributed by atoms with Crippen molar-refractivity contribution < 1.29 is 9.90 Å². The van der Waals surface area contributed by atoms with Gasteiger partial charge in [-0.05, 0) is 61.4 Å². The van der Waals surface area contributed by atoms with Gasteiger partial charge in [0.1, 0.15) is 0 Å². The van der Waals surface area contributed by atoms with E-state index >= 15 is 0 Å². The smallest absolute Gasteiger partial charge is 0.328 e. The highest BCUT2D eigenvalue weighted by atomic mass is 16.4. The molecule has 0 spiro atoms. The van der Waals surface area contributed by atoms with E-state index in [1.807, 2.05) is 35.8 Å². The Bertz CT molecular complexity index is 1010. The van der Waals surface area contributed by atoms with Gasteiger partial charge in [0.15, 0.2) is 0 Å². The molecule has 2 heterocycles. The summed E-state index contributed by atoms with van der Waals surface area (Å²) in [5.74, 6) is -0.980. The van der Waals surface area contributed by atoms with Crippen LogP contribution >= 0.6 is 0 Å². The molecule has 5 nitrogen and oxygen atoms in total. The lowest BCUT2D eigenvalue weighted by Gasteiger charge is -2.09. The third-order valence-electron chi connectivity index (χ3n) is 3.89. The molecular formula is C19H15N3O2. The molecular weight excluding hydrogens is 302 g/mol. The van der Waals surface area contributed by atoms with E-state index in [0.717, 1.165) is 28.0 Å². The molecule has 0 bridgehead atoms. The van der Waals surface area contributed by atoms with Gasteiger partial charge in [-0.2, -0.15) is 5.26 Å². The molecule has 24 heavy (non-hydrogen) atoms. The summed E-state index contributed by atoms with van der Waals surface area (Å²) in [5.41, 5.74) is 5.68. The number of carboxylic acid groups (broad SMARTS) is 1. The van der Waals surface area contributed by atoms with Crippen molar-refractivity contribution in [2.75, 3.05) is 0 Å². The fourth-order valence-electron chi connectivity index (χ4n) is 2.72. The van der Waals surface area contributed by atoms with Gasteiger partial charge in [0.25, 0.3) is 0 Å². The number of nitriles is 1. The van der Waals surface area contributed by atoms with Crippen LogP contribution in [0.5, 0.6) is 0 Å². The molecule has 0 radical (unpaired) electrons. The second-order valence-corrected chi connectivity index (χ2v) is 5.57. The second kappa shape index (κ2) is 6.01. The van der Waals surface area contributed by atoms with Gasteiger partial charge in [-0.1, -0.05) is 0 Å². The quantitative estimate of drug-likeness (QED) is 0.747. The predicted octanol–water partition coefficient (Wildman–Crippen LogP) is 3.69. The number of aliphatic carboxylic acids is 1. The van der Waals surface area contributed by atoms with Crippen LogP contribution < -0.4 is 0 Å². The number of carboxylic acids is 1. The van der Waals surface area contributed by atoms with Crippen LogP contribution in [0, 0.1) is 18.3 Å². The molecule has 3 rings (SSSR count). The van der Waals surface area contributed by atoms with Gasteiger partial charge >= 0.3 is 5.97 Å². The summed E-state index contributed by atoms with van der Waals surface area (Å²) in [6, 6.07) is 13.3. The Morgan fingerprint density at radius 1 is 1.29 bits per heavy atom. The lowest BCUT2D eigenvalue weighted by Crippen LogP contribution is -1.97. The standard InChI is InChI=1S/C19H15N3O2/c1-12(7-19(23)24)15-9-18-17(21-11-15)8-13(2)22(18)16-5-3-14(10-20)4-6-16/h3-9,11H,1-2H3,(H,23,24). The molecule has 0 saturated heterocycles. The van der Waals surface area contributed by atoms with Crippen LogP contribution in [0.4, 0.5) is 0 Å². The Labute approximate surface area is 139 Å². The first-order chi connectivity index (χ1) is 11.5. The van der Waals surface area contributed by atoms with Gasteiger partial charge in [0.05, 0.1) is 22.7 Å². The Balaban J connectivity index is 2.18. The molecule has 0 saturated carbocycles. The van der Waals surface area contributed by atoms with Crippen molar-refractivity contribution in [3.63, 3.8) is 0 Å². The molecule has 1 aromatic carbocycles. The molecule has 2 aromatic heterocycles. The zero-order valence-electron chi connectivity index (χ0n) is 13.3. The Morgan fingerprint density at radius 2 is 2.00 bits per heavy atom. The lowest BCUT2D eigenvalue weighted by molar-refractivity contribution is -0.131. The SMILES string of the molecule is CC(=CC(=O)O)c1cnc2cc(C)n(-c3ccc(C#N)cc3)c2c1. The van der Waals surface area contributed by atoms with Crippen LogP contribution in [-0.4, -0.2) is 20.6 Å². The number of carbonyl (C=O) groups is 1. The first kappa shape index (κ1) is 15.5. The summed E-state index contributed by atoms with van der Waals surface area (Å²) in [6.45, 7) is 3.73. The van der Waals surface area contributed by atoms with Crippen molar-refractivity contribution in [1.29, 1.82) is 5.26 Å². The molecule has 0 aliphatic carbocycles. The minimum absolute atomic E-state index is 0.604. The molecule has 118 valence electrons. The van der Waals surface area contributed by atoms with Crippen LogP contribution in [0.25, 0.3) is 22.3 Å². The maximum atomic E-state index is 10.9. The van der Waals surface area contributed by atoms with Crippen molar-refractivity contribution in [1.82, 2.24) is 9.55 Å². The minimum Gasteiger partial charge on any atom is -0.478 e. The van der Waals surface area contributed by atoms with Gasteiger partial charge in [0, 0.05) is 23.7 Å². The highest BCUT2D eigenvalue weighted by Crippen LogP contribution is 2.25. The Kier molecular flexibility index (Phi) is 3.88. The minimum atomic E-state index is -0.980.